The molecule has 2 fully saturated rings. The van der Waals surface area contributed by atoms with Crippen LogP contribution in [0.5, 0.6) is 0 Å². The third kappa shape index (κ3) is 1.69. The normalized spacial score (nSPS) is 38.9. The molecule has 0 aromatic heterocycles. The number of likely N-dealkylation sites (N-methyl/N-ethyl adjacent to an activating group) is 2. The number of hydrogen-bond donors (Lipinski definition) is 1. The lowest BCUT2D eigenvalue weighted by Crippen LogP contribution is -2.55. The zero-order chi connectivity index (χ0) is 11.7. The molecular formula is C11H20N4O. The van der Waals surface area contributed by atoms with Gasteiger partial charge in [0.25, 0.3) is 0 Å². The van der Waals surface area contributed by atoms with Gasteiger partial charge >= 0.3 is 0 Å². The van der Waals surface area contributed by atoms with Gasteiger partial charge in [-0.15, -0.1) is 0 Å². The second-order valence-electron chi connectivity index (χ2n) is 4.54. The first kappa shape index (κ1) is 11.7. The van der Waals surface area contributed by atoms with E-state index in [-0.39, 0.29) is 6.04 Å². The fourth-order valence-electron chi connectivity index (χ4n) is 3.06. The Balaban J connectivity index is 2.27. The third-order valence-electron chi connectivity index (χ3n) is 3.78. The molecule has 90 valence electrons. The molecule has 0 aromatic carbocycles. The smallest absolute Gasteiger partial charge is 0.232 e. The number of amides is 1. The minimum Gasteiger partial charge on any atom is -0.300 e. The predicted octanol–water partition coefficient (Wildman–Crippen LogP) is -0.115. The predicted molar refractivity (Wildman–Crippen MR) is 63.3 cm³/mol. The maximum absolute atomic E-state index is 10.6. The highest BCUT2D eigenvalue weighted by Gasteiger charge is 2.46. The molecule has 2 rings (SSSR count). The number of carbonyl (C=O) groups excluding carboxylic acids is 1. The number of rotatable bonds is 2. The summed E-state index contributed by atoms with van der Waals surface area (Å²) in [5.74, 6) is 0. The van der Waals surface area contributed by atoms with Gasteiger partial charge in [-0.1, -0.05) is 6.92 Å². The van der Waals surface area contributed by atoms with Crippen molar-refractivity contribution in [3.05, 3.63) is 0 Å². The van der Waals surface area contributed by atoms with E-state index in [1.54, 1.807) is 0 Å². The Hall–Kier alpha value is -0.780. The fraction of sp³-hybridized carbons (Fsp3) is 0.818. The summed E-state index contributed by atoms with van der Waals surface area (Å²) >= 11 is 0. The van der Waals surface area contributed by atoms with Gasteiger partial charge in [-0.2, -0.15) is 0 Å². The Morgan fingerprint density at radius 3 is 2.88 bits per heavy atom. The molecule has 5 heteroatoms. The highest BCUT2D eigenvalue weighted by molar-refractivity contribution is 5.95. The molecule has 2 aliphatic heterocycles. The van der Waals surface area contributed by atoms with Crippen molar-refractivity contribution in [3.8, 4) is 0 Å². The number of carbonyl (C=O) groups is 1. The van der Waals surface area contributed by atoms with E-state index in [9.17, 15) is 4.79 Å². The van der Waals surface area contributed by atoms with Crippen molar-refractivity contribution in [2.24, 2.45) is 4.99 Å². The lowest BCUT2D eigenvalue weighted by molar-refractivity contribution is -0.106. The van der Waals surface area contributed by atoms with Gasteiger partial charge in [-0.25, -0.2) is 4.99 Å². The topological polar surface area (TPSA) is 47.9 Å². The van der Waals surface area contributed by atoms with E-state index in [4.69, 9.17) is 0 Å². The Bertz CT molecular complexity index is 304. The maximum atomic E-state index is 10.6. The first-order valence-corrected chi connectivity index (χ1v) is 5.88. The van der Waals surface area contributed by atoms with Gasteiger partial charge in [-0.05, 0) is 20.5 Å². The molecule has 0 spiro atoms. The molecule has 0 radical (unpaired) electrons. The molecule has 16 heavy (non-hydrogen) atoms. The molecule has 3 unspecified atom stereocenters. The van der Waals surface area contributed by atoms with Crippen molar-refractivity contribution in [2.45, 2.75) is 38.1 Å². The molecule has 0 saturated carbocycles. The summed E-state index contributed by atoms with van der Waals surface area (Å²) in [5.41, 5.74) is 1.02. The van der Waals surface area contributed by atoms with Crippen molar-refractivity contribution < 1.29 is 4.79 Å². The number of piperidine rings is 1. The van der Waals surface area contributed by atoms with E-state index < -0.39 is 0 Å². The van der Waals surface area contributed by atoms with E-state index >= 15 is 0 Å². The van der Waals surface area contributed by atoms with Crippen molar-refractivity contribution in [1.82, 2.24) is 15.1 Å². The van der Waals surface area contributed by atoms with Crippen LogP contribution in [0.15, 0.2) is 4.99 Å². The molecule has 1 N–H and O–H groups in total. The lowest BCUT2D eigenvalue weighted by Gasteiger charge is -2.32. The van der Waals surface area contributed by atoms with Crippen LogP contribution in [0, 0.1) is 0 Å². The summed E-state index contributed by atoms with van der Waals surface area (Å²) in [6.45, 7) is 3.09. The summed E-state index contributed by atoms with van der Waals surface area (Å²) in [6, 6.07) is 0.244. The molecule has 2 saturated heterocycles. The van der Waals surface area contributed by atoms with Gasteiger partial charge in [0.2, 0.25) is 6.41 Å². The van der Waals surface area contributed by atoms with Crippen LogP contribution in [0.1, 0.15) is 19.8 Å². The fourth-order valence-corrected chi connectivity index (χ4v) is 3.06. The van der Waals surface area contributed by atoms with Crippen molar-refractivity contribution in [3.63, 3.8) is 0 Å². The van der Waals surface area contributed by atoms with E-state index in [1.807, 2.05) is 0 Å². The molecular weight excluding hydrogens is 204 g/mol. The van der Waals surface area contributed by atoms with Crippen LogP contribution in [0.2, 0.25) is 0 Å². The average molecular weight is 224 g/mol. The molecule has 3 atom stereocenters. The summed E-state index contributed by atoms with van der Waals surface area (Å²) in [4.78, 5) is 19.2. The first-order chi connectivity index (χ1) is 7.70. The molecule has 0 aliphatic carbocycles. The SMILES string of the molecule is CCC1N(C)C2NCCC(=NC=O)C2N1C. The quantitative estimate of drug-likeness (QED) is 0.665. The third-order valence-corrected chi connectivity index (χ3v) is 3.78. The van der Waals surface area contributed by atoms with Gasteiger partial charge in [0.1, 0.15) is 0 Å². The summed E-state index contributed by atoms with van der Waals surface area (Å²) in [6.07, 6.45) is 3.34. The van der Waals surface area contributed by atoms with Gasteiger partial charge < -0.3 is 0 Å². The Labute approximate surface area is 96.5 Å². The Morgan fingerprint density at radius 2 is 2.25 bits per heavy atom. The van der Waals surface area contributed by atoms with E-state index in [0.717, 1.165) is 25.1 Å². The highest BCUT2D eigenvalue weighted by atomic mass is 16.1. The summed E-state index contributed by atoms with van der Waals surface area (Å²) in [7, 11) is 4.24. The number of fused-ring (bicyclic) bond motifs is 1. The van der Waals surface area contributed by atoms with Crippen LogP contribution >= 0.6 is 0 Å². The van der Waals surface area contributed by atoms with Crippen LogP contribution in [-0.2, 0) is 4.79 Å². The van der Waals surface area contributed by atoms with Gasteiger partial charge in [0.05, 0.1) is 18.4 Å². The minimum atomic E-state index is 0.244. The largest absolute Gasteiger partial charge is 0.300 e. The van der Waals surface area contributed by atoms with Crippen LogP contribution in [0.25, 0.3) is 0 Å². The van der Waals surface area contributed by atoms with Gasteiger partial charge in [0.15, 0.2) is 0 Å². The molecule has 0 aromatic rings. The first-order valence-electron chi connectivity index (χ1n) is 5.88. The Kier molecular flexibility index (Phi) is 3.37. The molecule has 0 bridgehead atoms. The lowest BCUT2D eigenvalue weighted by atomic mass is 10.0. The standard InChI is InChI=1S/C11H20N4O/c1-4-9-14(2)10-8(13-7-16)5-6-12-11(10)15(9)3/h7,9-12H,4-6H2,1-3H3. The summed E-state index contributed by atoms with van der Waals surface area (Å²) in [5, 5.41) is 3.50. The Morgan fingerprint density at radius 1 is 1.50 bits per heavy atom. The highest BCUT2D eigenvalue weighted by Crippen LogP contribution is 2.28. The number of hydrogen-bond acceptors (Lipinski definition) is 4. The van der Waals surface area contributed by atoms with E-state index in [1.165, 1.54) is 0 Å². The van der Waals surface area contributed by atoms with Crippen LogP contribution < -0.4 is 5.32 Å². The molecule has 2 heterocycles. The number of nitrogens with zero attached hydrogens (tertiary/aromatic N) is 3. The summed E-state index contributed by atoms with van der Waals surface area (Å²) < 4.78 is 0. The van der Waals surface area contributed by atoms with Crippen molar-refractivity contribution in [2.75, 3.05) is 20.6 Å². The van der Waals surface area contributed by atoms with Crippen LogP contribution in [0.4, 0.5) is 0 Å². The van der Waals surface area contributed by atoms with Crippen LogP contribution in [0.3, 0.4) is 0 Å². The van der Waals surface area contributed by atoms with Crippen LogP contribution in [-0.4, -0.2) is 60.9 Å². The van der Waals surface area contributed by atoms with E-state index in [2.05, 4.69) is 41.1 Å². The minimum absolute atomic E-state index is 0.244. The number of aliphatic imine (C=N–C) groups is 1. The second-order valence-corrected chi connectivity index (χ2v) is 4.54. The van der Waals surface area contributed by atoms with E-state index in [0.29, 0.717) is 18.7 Å². The average Bonchev–Trinajstić information content (AvgIpc) is 2.53. The zero-order valence-electron chi connectivity index (χ0n) is 10.2. The monoisotopic (exact) mass is 224 g/mol. The second kappa shape index (κ2) is 4.61. The zero-order valence-corrected chi connectivity index (χ0v) is 10.2. The van der Waals surface area contributed by atoms with Crippen molar-refractivity contribution in [1.29, 1.82) is 0 Å². The number of nitrogens with one attached hydrogen (secondary N) is 1. The van der Waals surface area contributed by atoms with Crippen molar-refractivity contribution >= 4 is 12.1 Å². The molecule has 2 aliphatic rings. The van der Waals surface area contributed by atoms with Gasteiger partial charge in [0, 0.05) is 18.7 Å². The maximum Gasteiger partial charge on any atom is 0.232 e. The molecule has 1 amide bonds. The molecule has 5 nitrogen and oxygen atoms in total. The van der Waals surface area contributed by atoms with Gasteiger partial charge in [-0.3, -0.25) is 19.9 Å².